The first-order valence-electron chi connectivity index (χ1n) is 14.2. The molecule has 40 heavy (non-hydrogen) atoms. The molecule has 1 saturated heterocycles. The van der Waals surface area contributed by atoms with Crippen LogP contribution in [0, 0.1) is 0 Å². The second-order valence-corrected chi connectivity index (χ2v) is 12.3. The maximum Gasteiger partial charge on any atom is 0.494 e. The molecule has 0 atom stereocenters. The van der Waals surface area contributed by atoms with Crippen LogP contribution >= 0.6 is 0 Å². The maximum absolute atomic E-state index is 6.53. The molecule has 1 fully saturated rings. The van der Waals surface area contributed by atoms with Gasteiger partial charge in [0.05, 0.1) is 16.6 Å². The lowest BCUT2D eigenvalue weighted by Gasteiger charge is -2.35. The summed E-state index contributed by atoms with van der Waals surface area (Å²) in [5.41, 5.74) is 12.7. The Morgan fingerprint density at radius 3 is 1.30 bits per heavy atom. The van der Waals surface area contributed by atoms with Crippen molar-refractivity contribution in [2.75, 3.05) is 0 Å². The van der Waals surface area contributed by atoms with Gasteiger partial charge in [-0.3, -0.25) is 0 Å². The summed E-state index contributed by atoms with van der Waals surface area (Å²) < 4.78 is 13.1. The number of hydrogen-bond acceptors (Lipinski definition) is 2. The van der Waals surface area contributed by atoms with Crippen LogP contribution in [0.3, 0.4) is 0 Å². The second-order valence-electron chi connectivity index (χ2n) is 12.3. The molecule has 0 saturated carbocycles. The second kappa shape index (κ2) is 8.07. The average Bonchev–Trinajstić information content (AvgIpc) is 3.35. The summed E-state index contributed by atoms with van der Waals surface area (Å²) in [6.45, 7) is 8.46. The number of rotatable bonds is 1. The van der Waals surface area contributed by atoms with Crippen LogP contribution in [0.2, 0.25) is 0 Å². The van der Waals surface area contributed by atoms with Crippen molar-refractivity contribution in [1.29, 1.82) is 0 Å². The number of fused-ring (bicyclic) bond motifs is 12. The fourth-order valence-corrected chi connectivity index (χ4v) is 7.20. The minimum Gasteiger partial charge on any atom is -0.399 e. The first kappa shape index (κ1) is 23.9. The Kier molecular flexibility index (Phi) is 4.83. The fourth-order valence-electron chi connectivity index (χ4n) is 7.20. The Morgan fingerprint density at radius 2 is 0.800 bits per heavy atom. The van der Waals surface area contributed by atoms with E-state index in [0.717, 1.165) is 5.46 Å². The Morgan fingerprint density at radius 1 is 0.425 bits per heavy atom. The van der Waals surface area contributed by atoms with Crippen molar-refractivity contribution in [2.45, 2.75) is 44.3 Å². The summed E-state index contributed by atoms with van der Waals surface area (Å²) in [6.07, 6.45) is 0. The Hall–Kier alpha value is -3.92. The van der Waals surface area contributed by atoms with E-state index in [0.29, 0.717) is 0 Å². The van der Waals surface area contributed by atoms with Gasteiger partial charge in [0, 0.05) is 0 Å². The molecule has 0 radical (unpaired) electrons. The summed E-state index contributed by atoms with van der Waals surface area (Å²) in [6, 6.07) is 42.6. The molecular weight excluding hydrogens is 487 g/mol. The molecule has 0 N–H and O–H groups in total. The van der Waals surface area contributed by atoms with Gasteiger partial charge < -0.3 is 9.31 Å². The standard InChI is InChI=1S/C37H31BO2/c1-35(2)36(3,4)40-38(39-35)24-21-22-34-30(23-24)26-14-6-5-13-25(26)27-15-7-10-18-31(27)37(34)32-19-11-8-16-28(32)29-17-9-12-20-33(29)37/h5-23H,1-4H3. The normalized spacial score (nSPS) is 18.4. The lowest BCUT2D eigenvalue weighted by molar-refractivity contribution is 0.00578. The van der Waals surface area contributed by atoms with Crippen molar-refractivity contribution in [3.8, 4) is 33.4 Å². The van der Waals surface area contributed by atoms with Gasteiger partial charge in [0.1, 0.15) is 0 Å². The zero-order valence-corrected chi connectivity index (χ0v) is 23.4. The monoisotopic (exact) mass is 518 g/mol. The molecule has 2 nitrogen and oxygen atoms in total. The SMILES string of the molecule is CC1(C)OB(c2ccc3c(c2)-c2ccccc2-c2ccccc2C32c3ccccc3-c3ccccc32)OC1(C)C. The predicted octanol–water partition coefficient (Wildman–Crippen LogP) is 8.00. The minimum absolute atomic E-state index is 0.400. The fraction of sp³-hybridized carbons (Fsp3) is 0.189. The van der Waals surface area contributed by atoms with Gasteiger partial charge in [-0.2, -0.15) is 0 Å². The molecule has 5 aromatic carbocycles. The van der Waals surface area contributed by atoms with Crippen LogP contribution in [0.15, 0.2) is 115 Å². The van der Waals surface area contributed by atoms with Crippen LogP contribution in [-0.4, -0.2) is 18.3 Å². The summed E-state index contributed by atoms with van der Waals surface area (Å²) in [7, 11) is -0.424. The van der Waals surface area contributed by atoms with E-state index in [-0.39, 0.29) is 0 Å². The number of benzene rings is 5. The van der Waals surface area contributed by atoms with Crippen LogP contribution in [0.1, 0.15) is 49.9 Å². The molecule has 0 bridgehead atoms. The molecule has 1 heterocycles. The lowest BCUT2D eigenvalue weighted by atomic mass is 9.65. The third-order valence-corrected chi connectivity index (χ3v) is 9.76. The van der Waals surface area contributed by atoms with Crippen molar-refractivity contribution in [3.05, 3.63) is 138 Å². The molecule has 194 valence electrons. The van der Waals surface area contributed by atoms with Crippen molar-refractivity contribution in [1.82, 2.24) is 0 Å². The van der Waals surface area contributed by atoms with Gasteiger partial charge in [-0.05, 0) is 88.8 Å². The van der Waals surface area contributed by atoms with Gasteiger partial charge >= 0.3 is 7.12 Å². The molecule has 2 aliphatic carbocycles. The molecule has 8 rings (SSSR count). The van der Waals surface area contributed by atoms with E-state index in [1.807, 2.05) is 0 Å². The summed E-state index contributed by atoms with van der Waals surface area (Å²) in [4.78, 5) is 0. The van der Waals surface area contributed by atoms with Gasteiger partial charge in [0.2, 0.25) is 0 Å². The Bertz CT molecular complexity index is 1770. The molecule has 3 aliphatic rings. The predicted molar refractivity (Wildman–Crippen MR) is 164 cm³/mol. The highest BCUT2D eigenvalue weighted by atomic mass is 16.7. The van der Waals surface area contributed by atoms with Gasteiger partial charge in [-0.25, -0.2) is 0 Å². The lowest BCUT2D eigenvalue weighted by Crippen LogP contribution is -2.41. The van der Waals surface area contributed by atoms with Crippen molar-refractivity contribution in [2.24, 2.45) is 0 Å². The molecule has 1 aliphatic heterocycles. The van der Waals surface area contributed by atoms with Crippen LogP contribution in [0.4, 0.5) is 0 Å². The largest absolute Gasteiger partial charge is 0.494 e. The van der Waals surface area contributed by atoms with Gasteiger partial charge in [-0.15, -0.1) is 0 Å². The van der Waals surface area contributed by atoms with E-state index >= 15 is 0 Å². The van der Waals surface area contributed by atoms with E-state index in [1.165, 1.54) is 55.6 Å². The van der Waals surface area contributed by atoms with E-state index in [1.54, 1.807) is 0 Å². The first-order chi connectivity index (χ1) is 19.3. The van der Waals surface area contributed by atoms with Crippen LogP contribution < -0.4 is 5.46 Å². The van der Waals surface area contributed by atoms with Crippen LogP contribution in [0.5, 0.6) is 0 Å². The molecule has 3 heteroatoms. The van der Waals surface area contributed by atoms with E-state index in [4.69, 9.17) is 9.31 Å². The Labute approximate surface area is 236 Å². The van der Waals surface area contributed by atoms with Gasteiger partial charge in [-0.1, -0.05) is 115 Å². The highest BCUT2D eigenvalue weighted by Gasteiger charge is 2.53. The quantitative estimate of drug-likeness (QED) is 0.205. The summed E-state index contributed by atoms with van der Waals surface area (Å²) in [5.74, 6) is 0. The van der Waals surface area contributed by atoms with Crippen molar-refractivity contribution < 1.29 is 9.31 Å². The van der Waals surface area contributed by atoms with E-state index in [2.05, 4.69) is 143 Å². The average molecular weight is 518 g/mol. The summed E-state index contributed by atoms with van der Waals surface area (Å²) in [5, 5.41) is 0. The van der Waals surface area contributed by atoms with Gasteiger partial charge in [0.25, 0.3) is 0 Å². The highest BCUT2D eigenvalue weighted by molar-refractivity contribution is 6.62. The molecule has 0 unspecified atom stereocenters. The molecule has 5 aromatic rings. The maximum atomic E-state index is 6.53. The third kappa shape index (κ3) is 2.97. The highest BCUT2D eigenvalue weighted by Crippen LogP contribution is 2.61. The molecule has 0 amide bonds. The number of hydrogen-bond donors (Lipinski definition) is 0. The zero-order valence-electron chi connectivity index (χ0n) is 23.4. The van der Waals surface area contributed by atoms with E-state index in [9.17, 15) is 0 Å². The zero-order chi connectivity index (χ0) is 27.3. The summed E-state index contributed by atoms with van der Waals surface area (Å²) >= 11 is 0. The van der Waals surface area contributed by atoms with Crippen molar-refractivity contribution in [3.63, 3.8) is 0 Å². The Balaban J connectivity index is 1.50. The van der Waals surface area contributed by atoms with Crippen LogP contribution in [0.25, 0.3) is 33.4 Å². The smallest absolute Gasteiger partial charge is 0.399 e. The van der Waals surface area contributed by atoms with E-state index < -0.39 is 23.7 Å². The third-order valence-electron chi connectivity index (χ3n) is 9.76. The first-order valence-corrected chi connectivity index (χ1v) is 14.2. The van der Waals surface area contributed by atoms with Gasteiger partial charge in [0.15, 0.2) is 0 Å². The minimum atomic E-state index is -0.452. The van der Waals surface area contributed by atoms with Crippen molar-refractivity contribution >= 4 is 12.6 Å². The van der Waals surface area contributed by atoms with Crippen LogP contribution in [-0.2, 0) is 14.7 Å². The molecule has 1 spiro atoms. The topological polar surface area (TPSA) is 18.5 Å². The molecule has 0 aromatic heterocycles. The molecular formula is C37H31BO2.